The van der Waals surface area contributed by atoms with Gasteiger partial charge in [-0.3, -0.25) is 4.79 Å². The quantitative estimate of drug-likeness (QED) is 0.129. The van der Waals surface area contributed by atoms with Crippen molar-refractivity contribution in [2.45, 2.75) is 79.8 Å². The lowest BCUT2D eigenvalue weighted by molar-refractivity contribution is -0.144. The summed E-state index contributed by atoms with van der Waals surface area (Å²) in [4.78, 5) is 15.9. The van der Waals surface area contributed by atoms with Gasteiger partial charge in [0.05, 0.1) is 24.8 Å². The summed E-state index contributed by atoms with van der Waals surface area (Å²) in [5.41, 5.74) is 3.73. The van der Waals surface area contributed by atoms with Crippen LogP contribution in [0.5, 0.6) is 11.5 Å². The molecule has 0 aromatic heterocycles. The average Bonchev–Trinajstić information content (AvgIpc) is 3.01. The topological polar surface area (TPSA) is 48.0 Å². The smallest absolute Gasteiger partial charge is 0.313 e. The Bertz CT molecular complexity index is 1290. The number of hydrogen-bond acceptors (Lipinski definition) is 5. The first kappa shape index (κ1) is 35.6. The van der Waals surface area contributed by atoms with Crippen LogP contribution in [0.2, 0.25) is 10.0 Å². The lowest BCUT2D eigenvalue weighted by Gasteiger charge is -2.32. The molecule has 0 saturated heterocycles. The van der Waals surface area contributed by atoms with Crippen LogP contribution < -0.4 is 14.4 Å². The molecule has 7 heteroatoms. The predicted octanol–water partition coefficient (Wildman–Crippen LogP) is 10.1. The summed E-state index contributed by atoms with van der Waals surface area (Å²) >= 11 is 12.6. The van der Waals surface area contributed by atoms with Crippen LogP contribution in [0.4, 0.5) is 5.69 Å². The average molecular weight is 643 g/mol. The van der Waals surface area contributed by atoms with Gasteiger partial charge in [0.25, 0.3) is 0 Å². The van der Waals surface area contributed by atoms with Crippen LogP contribution >= 0.6 is 23.2 Å². The van der Waals surface area contributed by atoms with Gasteiger partial charge in [-0.2, -0.15) is 0 Å². The molecule has 0 N–H and O–H groups in total. The highest BCUT2D eigenvalue weighted by molar-refractivity contribution is 6.35. The van der Waals surface area contributed by atoms with Crippen molar-refractivity contribution in [2.24, 2.45) is 11.8 Å². The molecule has 0 aliphatic carbocycles. The Morgan fingerprint density at radius 3 is 2.14 bits per heavy atom. The SMILES string of the molecule is CCCOc1ccc(C(Cc2ccc(OCc3c(Cl)cccc3Cl)cc2)C(=O)OCC)cc1N(CC(C)C)CC(CC)CC. The monoisotopic (exact) mass is 641 g/mol. The lowest BCUT2D eigenvalue weighted by atomic mass is 9.91. The molecule has 0 radical (unpaired) electrons. The molecule has 0 saturated carbocycles. The van der Waals surface area contributed by atoms with Crippen LogP contribution in [0.1, 0.15) is 83.4 Å². The largest absolute Gasteiger partial charge is 0.491 e. The lowest BCUT2D eigenvalue weighted by Crippen LogP contribution is -2.33. The summed E-state index contributed by atoms with van der Waals surface area (Å²) in [5.74, 6) is 1.92. The molecule has 0 amide bonds. The Hall–Kier alpha value is -2.89. The number of carbonyl (C=O) groups excluding carboxylic acids is 1. The van der Waals surface area contributed by atoms with Gasteiger partial charge in [0.1, 0.15) is 18.1 Å². The minimum Gasteiger partial charge on any atom is -0.491 e. The number of hydrogen-bond donors (Lipinski definition) is 0. The Kier molecular flexibility index (Phi) is 14.7. The summed E-state index contributed by atoms with van der Waals surface area (Å²) in [5, 5.41) is 1.15. The van der Waals surface area contributed by atoms with Gasteiger partial charge in [-0.1, -0.05) is 94.9 Å². The van der Waals surface area contributed by atoms with Crippen LogP contribution in [-0.4, -0.2) is 32.3 Å². The third kappa shape index (κ3) is 10.3. The maximum absolute atomic E-state index is 13.4. The van der Waals surface area contributed by atoms with Crippen LogP contribution in [-0.2, 0) is 22.6 Å². The van der Waals surface area contributed by atoms with E-state index in [0.29, 0.717) is 47.3 Å². The van der Waals surface area contributed by atoms with E-state index in [2.05, 4.69) is 45.6 Å². The summed E-state index contributed by atoms with van der Waals surface area (Å²) in [6, 6.07) is 19.4. The third-order valence-corrected chi connectivity index (χ3v) is 8.49. The summed E-state index contributed by atoms with van der Waals surface area (Å²) in [7, 11) is 0. The second kappa shape index (κ2) is 18.2. The minimum atomic E-state index is -0.461. The summed E-state index contributed by atoms with van der Waals surface area (Å²) < 4.78 is 17.8. The zero-order valence-corrected chi connectivity index (χ0v) is 28.7. The standard InChI is InChI=1S/C37H49Cl2NO4/c1-7-20-43-36-19-16-29(22-35(36)40(23-26(5)6)24-27(8-2)9-3)31(37(41)42-10-4)21-28-14-17-30(18-15-28)44-25-32-33(38)12-11-13-34(32)39/h11-19,22,26-27,31H,7-10,20-21,23-25H2,1-6H3. The van der Waals surface area contributed by atoms with Gasteiger partial charge in [-0.15, -0.1) is 0 Å². The molecule has 0 spiro atoms. The molecule has 0 bridgehead atoms. The molecule has 3 aromatic carbocycles. The van der Waals surface area contributed by atoms with Crippen molar-refractivity contribution in [2.75, 3.05) is 31.2 Å². The van der Waals surface area contributed by atoms with Gasteiger partial charge in [-0.25, -0.2) is 0 Å². The van der Waals surface area contributed by atoms with Crippen molar-refractivity contribution in [3.05, 3.63) is 87.4 Å². The third-order valence-electron chi connectivity index (χ3n) is 7.79. The molecule has 0 heterocycles. The fraction of sp³-hybridized carbons (Fsp3) is 0.486. The molecule has 0 aliphatic heterocycles. The summed E-state index contributed by atoms with van der Waals surface area (Å²) in [6.07, 6.45) is 3.66. The molecule has 5 nitrogen and oxygen atoms in total. The molecule has 3 aromatic rings. The van der Waals surface area contributed by atoms with Crippen molar-refractivity contribution in [3.63, 3.8) is 0 Å². The van der Waals surface area contributed by atoms with Gasteiger partial charge in [0.15, 0.2) is 0 Å². The fourth-order valence-electron chi connectivity index (χ4n) is 5.27. The van der Waals surface area contributed by atoms with E-state index >= 15 is 0 Å². The highest BCUT2D eigenvalue weighted by Gasteiger charge is 2.26. The highest BCUT2D eigenvalue weighted by atomic mass is 35.5. The number of carbonyl (C=O) groups is 1. The Morgan fingerprint density at radius 2 is 1.55 bits per heavy atom. The minimum absolute atomic E-state index is 0.232. The number of benzene rings is 3. The Labute approximate surface area is 274 Å². The van der Waals surface area contributed by atoms with Gasteiger partial charge in [-0.05, 0) is 79.1 Å². The Balaban J connectivity index is 1.91. The zero-order valence-electron chi connectivity index (χ0n) is 27.2. The van der Waals surface area contributed by atoms with Crippen LogP contribution in [0.15, 0.2) is 60.7 Å². The molecule has 240 valence electrons. The van der Waals surface area contributed by atoms with E-state index in [9.17, 15) is 4.79 Å². The Morgan fingerprint density at radius 1 is 0.864 bits per heavy atom. The first-order chi connectivity index (χ1) is 21.2. The highest BCUT2D eigenvalue weighted by Crippen LogP contribution is 2.36. The number of ether oxygens (including phenoxy) is 3. The maximum Gasteiger partial charge on any atom is 0.313 e. The first-order valence-electron chi connectivity index (χ1n) is 16.0. The van der Waals surface area contributed by atoms with Gasteiger partial charge < -0.3 is 19.1 Å². The van der Waals surface area contributed by atoms with E-state index in [-0.39, 0.29) is 12.6 Å². The zero-order chi connectivity index (χ0) is 32.1. The molecule has 3 rings (SSSR count). The number of rotatable bonds is 18. The fourth-order valence-corrected chi connectivity index (χ4v) is 5.77. The predicted molar refractivity (Wildman–Crippen MR) is 184 cm³/mol. The molecular formula is C37H49Cl2NO4. The van der Waals surface area contributed by atoms with Gasteiger partial charge in [0.2, 0.25) is 0 Å². The van der Waals surface area contributed by atoms with E-state index in [1.165, 1.54) is 0 Å². The van der Waals surface area contributed by atoms with Crippen molar-refractivity contribution in [3.8, 4) is 11.5 Å². The second-order valence-corrected chi connectivity index (χ2v) is 12.5. The van der Waals surface area contributed by atoms with E-state index in [1.807, 2.05) is 49.4 Å². The molecule has 1 unspecified atom stereocenters. The van der Waals surface area contributed by atoms with E-state index < -0.39 is 5.92 Å². The summed E-state index contributed by atoms with van der Waals surface area (Å²) in [6.45, 7) is 16.1. The van der Waals surface area contributed by atoms with Crippen LogP contribution in [0.3, 0.4) is 0 Å². The number of anilines is 1. The number of halogens is 2. The van der Waals surface area contributed by atoms with E-state index in [0.717, 1.165) is 60.5 Å². The van der Waals surface area contributed by atoms with Crippen LogP contribution in [0, 0.1) is 11.8 Å². The second-order valence-electron chi connectivity index (χ2n) is 11.7. The van der Waals surface area contributed by atoms with Crippen molar-refractivity contribution >= 4 is 34.9 Å². The van der Waals surface area contributed by atoms with Crippen molar-refractivity contribution in [1.82, 2.24) is 0 Å². The maximum atomic E-state index is 13.4. The molecule has 44 heavy (non-hydrogen) atoms. The van der Waals surface area contributed by atoms with E-state index in [1.54, 1.807) is 12.1 Å². The van der Waals surface area contributed by atoms with Gasteiger partial charge in [0, 0.05) is 28.7 Å². The molecule has 0 fully saturated rings. The molecule has 0 aliphatic rings. The van der Waals surface area contributed by atoms with Crippen molar-refractivity contribution < 1.29 is 19.0 Å². The van der Waals surface area contributed by atoms with Crippen LogP contribution in [0.25, 0.3) is 0 Å². The first-order valence-corrected chi connectivity index (χ1v) is 16.8. The number of nitrogens with zero attached hydrogens (tertiary/aromatic N) is 1. The van der Waals surface area contributed by atoms with E-state index in [4.69, 9.17) is 37.4 Å². The number of esters is 1. The normalized spacial score (nSPS) is 12.0. The molecule has 1 atom stereocenters. The van der Waals surface area contributed by atoms with Crippen molar-refractivity contribution in [1.29, 1.82) is 0 Å². The molecular weight excluding hydrogens is 593 g/mol. The van der Waals surface area contributed by atoms with Gasteiger partial charge >= 0.3 is 5.97 Å².